The number of pyridine rings is 1. The van der Waals surface area contributed by atoms with Gasteiger partial charge in [-0.25, -0.2) is 4.68 Å². The summed E-state index contributed by atoms with van der Waals surface area (Å²) < 4.78 is 8.61. The Hall–Kier alpha value is -4.96. The maximum absolute atomic E-state index is 6.57. The van der Waals surface area contributed by atoms with E-state index in [1.54, 1.807) is 0 Å². The van der Waals surface area contributed by atoms with Crippen LogP contribution in [0, 0.1) is 0 Å². The topological polar surface area (TPSA) is 39.9 Å². The number of hydrogen-bond acceptors (Lipinski definition) is 3. The molecule has 0 unspecified atom stereocenters. The number of benzene rings is 4. The Morgan fingerprint density at radius 1 is 0.690 bits per heavy atom. The van der Waals surface area contributed by atoms with Crippen molar-refractivity contribution in [3.8, 4) is 28.3 Å². The van der Waals surface area contributed by atoms with E-state index in [-0.39, 0.29) is 0 Å². The van der Waals surface area contributed by atoms with Gasteiger partial charge in [-0.1, -0.05) is 72.8 Å². The van der Waals surface area contributed by atoms with Crippen LogP contribution in [-0.2, 0) is 5.41 Å². The highest BCUT2D eigenvalue weighted by atomic mass is 16.5. The summed E-state index contributed by atoms with van der Waals surface area (Å²) in [7, 11) is 0. The third-order valence-electron chi connectivity index (χ3n) is 9.62. The molecule has 2 heterocycles. The van der Waals surface area contributed by atoms with E-state index in [0.29, 0.717) is 11.8 Å². The second-order valence-corrected chi connectivity index (χ2v) is 11.8. The monoisotopic (exact) mass is 543 g/mol. The maximum Gasteiger partial charge on any atom is 0.129 e. The Balaban J connectivity index is 1.14. The zero-order valence-corrected chi connectivity index (χ0v) is 23.2. The van der Waals surface area contributed by atoms with Crippen LogP contribution in [0.2, 0.25) is 0 Å². The predicted octanol–water partition coefficient (Wildman–Crippen LogP) is 8.79. The van der Waals surface area contributed by atoms with E-state index in [0.717, 1.165) is 28.4 Å². The average molecular weight is 544 g/mol. The highest BCUT2D eigenvalue weighted by Gasteiger charge is 2.47. The van der Waals surface area contributed by atoms with Gasteiger partial charge in [0, 0.05) is 24.4 Å². The molecule has 9 rings (SSSR count). The summed E-state index contributed by atoms with van der Waals surface area (Å²) in [5.41, 5.74) is 10.3. The molecule has 4 heteroatoms. The molecule has 3 aliphatic carbocycles. The van der Waals surface area contributed by atoms with Gasteiger partial charge < -0.3 is 4.74 Å². The standard InChI is InChI=1S/C38H29N3O/c1-3-15-34-31(13-1)32-14-2-4-16-35(32)38(34,36-17-5-6-20-39-36)27-9-7-11-29(22-27)42-30-12-8-10-28(23-30)41-24-33-25-18-19-26(21-25)37(33)40-41/h1-17,20,22-26H,18-19,21H2/t25-,26+/m0/s1. The molecule has 0 N–H and O–H groups in total. The van der Waals surface area contributed by atoms with Gasteiger partial charge in [0.05, 0.1) is 22.5 Å². The van der Waals surface area contributed by atoms with E-state index in [2.05, 4.69) is 103 Å². The van der Waals surface area contributed by atoms with Gasteiger partial charge in [0.1, 0.15) is 11.5 Å². The van der Waals surface area contributed by atoms with Crippen LogP contribution in [0.15, 0.2) is 128 Å². The number of fused-ring (bicyclic) bond motifs is 8. The smallest absolute Gasteiger partial charge is 0.129 e. The lowest BCUT2D eigenvalue weighted by Crippen LogP contribution is -2.29. The molecule has 4 nitrogen and oxygen atoms in total. The fourth-order valence-electron chi connectivity index (χ4n) is 7.85. The zero-order chi connectivity index (χ0) is 27.7. The molecule has 2 bridgehead atoms. The molecule has 42 heavy (non-hydrogen) atoms. The highest BCUT2D eigenvalue weighted by molar-refractivity contribution is 5.85. The van der Waals surface area contributed by atoms with E-state index >= 15 is 0 Å². The summed E-state index contributed by atoms with van der Waals surface area (Å²) in [4.78, 5) is 4.95. The molecule has 202 valence electrons. The molecule has 3 aliphatic rings. The predicted molar refractivity (Wildman–Crippen MR) is 165 cm³/mol. The molecule has 0 amide bonds. The lowest BCUT2D eigenvalue weighted by molar-refractivity contribution is 0.480. The zero-order valence-electron chi connectivity index (χ0n) is 23.2. The normalized spacial score (nSPS) is 18.9. The molecule has 0 radical (unpaired) electrons. The Bertz CT molecular complexity index is 1900. The van der Waals surface area contributed by atoms with Crippen molar-refractivity contribution in [1.29, 1.82) is 0 Å². The minimum absolute atomic E-state index is 0.551. The first kappa shape index (κ1) is 23.7. The lowest BCUT2D eigenvalue weighted by atomic mass is 9.70. The molecule has 1 fully saturated rings. The number of ether oxygens (including phenoxy) is 1. The summed E-state index contributed by atoms with van der Waals surface area (Å²) in [5, 5.41) is 5.00. The van der Waals surface area contributed by atoms with Crippen LogP contribution < -0.4 is 4.74 Å². The van der Waals surface area contributed by atoms with Crippen LogP contribution in [0.1, 0.15) is 64.7 Å². The summed E-state index contributed by atoms with van der Waals surface area (Å²) >= 11 is 0. The molecular formula is C38H29N3O. The quantitative estimate of drug-likeness (QED) is 0.218. The minimum Gasteiger partial charge on any atom is -0.457 e. The fraction of sp³-hybridized carbons (Fsp3) is 0.158. The highest BCUT2D eigenvalue weighted by Crippen LogP contribution is 2.56. The Morgan fingerprint density at radius 3 is 2.17 bits per heavy atom. The van der Waals surface area contributed by atoms with Crippen molar-refractivity contribution < 1.29 is 4.74 Å². The molecule has 1 saturated carbocycles. The van der Waals surface area contributed by atoms with Gasteiger partial charge in [-0.05, 0) is 95.0 Å². The number of hydrogen-bond donors (Lipinski definition) is 0. The molecule has 0 saturated heterocycles. The van der Waals surface area contributed by atoms with Gasteiger partial charge in [0.25, 0.3) is 0 Å². The van der Waals surface area contributed by atoms with Crippen LogP contribution >= 0.6 is 0 Å². The fourth-order valence-corrected chi connectivity index (χ4v) is 7.85. The molecule has 2 atom stereocenters. The molecule has 6 aromatic rings. The van der Waals surface area contributed by atoms with Gasteiger partial charge in [-0.15, -0.1) is 0 Å². The van der Waals surface area contributed by atoms with Crippen molar-refractivity contribution in [3.05, 3.63) is 161 Å². The Labute approximate surface area is 245 Å². The average Bonchev–Trinajstić information content (AvgIpc) is 3.82. The van der Waals surface area contributed by atoms with Crippen molar-refractivity contribution in [2.45, 2.75) is 36.5 Å². The molecule has 4 aromatic carbocycles. The van der Waals surface area contributed by atoms with Crippen LogP contribution in [0.3, 0.4) is 0 Å². The van der Waals surface area contributed by atoms with Gasteiger partial charge >= 0.3 is 0 Å². The second-order valence-electron chi connectivity index (χ2n) is 11.8. The van der Waals surface area contributed by atoms with E-state index in [1.165, 1.54) is 52.8 Å². The van der Waals surface area contributed by atoms with Crippen molar-refractivity contribution in [2.75, 3.05) is 0 Å². The summed E-state index contributed by atoms with van der Waals surface area (Å²) in [6.07, 6.45) is 8.00. The molecule has 0 spiro atoms. The van der Waals surface area contributed by atoms with Crippen LogP contribution in [0.4, 0.5) is 0 Å². The summed E-state index contributed by atoms with van der Waals surface area (Å²) in [6, 6.07) is 40.4. The number of aromatic nitrogens is 3. The van der Waals surface area contributed by atoms with Crippen LogP contribution in [0.5, 0.6) is 11.5 Å². The Morgan fingerprint density at radius 2 is 1.40 bits per heavy atom. The number of rotatable bonds is 5. The first-order valence-electron chi connectivity index (χ1n) is 14.9. The van der Waals surface area contributed by atoms with E-state index in [4.69, 9.17) is 14.8 Å². The third-order valence-corrected chi connectivity index (χ3v) is 9.62. The van der Waals surface area contributed by atoms with Gasteiger partial charge in [-0.3, -0.25) is 4.98 Å². The van der Waals surface area contributed by atoms with Crippen molar-refractivity contribution in [1.82, 2.24) is 14.8 Å². The van der Waals surface area contributed by atoms with Crippen molar-refractivity contribution in [2.24, 2.45) is 0 Å². The van der Waals surface area contributed by atoms with E-state index in [1.807, 2.05) is 29.1 Å². The van der Waals surface area contributed by atoms with Crippen LogP contribution in [0.25, 0.3) is 16.8 Å². The van der Waals surface area contributed by atoms with Gasteiger partial charge in [0.15, 0.2) is 0 Å². The van der Waals surface area contributed by atoms with Crippen molar-refractivity contribution in [3.63, 3.8) is 0 Å². The largest absolute Gasteiger partial charge is 0.457 e. The third kappa shape index (κ3) is 3.35. The van der Waals surface area contributed by atoms with Crippen molar-refractivity contribution >= 4 is 0 Å². The van der Waals surface area contributed by atoms with Gasteiger partial charge in [0.2, 0.25) is 0 Å². The summed E-state index contributed by atoms with van der Waals surface area (Å²) in [6.45, 7) is 0. The first-order valence-corrected chi connectivity index (χ1v) is 14.9. The van der Waals surface area contributed by atoms with Crippen LogP contribution in [-0.4, -0.2) is 14.8 Å². The lowest BCUT2D eigenvalue weighted by Gasteiger charge is -2.32. The first-order chi connectivity index (χ1) is 20.8. The molecule has 0 aliphatic heterocycles. The van der Waals surface area contributed by atoms with E-state index in [9.17, 15) is 0 Å². The van der Waals surface area contributed by atoms with E-state index < -0.39 is 5.41 Å². The summed E-state index contributed by atoms with van der Waals surface area (Å²) in [5.74, 6) is 2.93. The number of nitrogens with zero attached hydrogens (tertiary/aromatic N) is 3. The SMILES string of the molecule is c1ccc(C2(c3cccc(Oc4cccc(-n5cc6c(n5)[C@@H]5CC[C@H]6C5)c4)c3)c3ccccc3-c3ccccc32)nc1. The molecular weight excluding hydrogens is 514 g/mol. The van der Waals surface area contributed by atoms with Gasteiger partial charge in [-0.2, -0.15) is 5.10 Å². The maximum atomic E-state index is 6.57. The molecule has 2 aromatic heterocycles. The Kier molecular flexibility index (Phi) is 5.09. The second kappa shape index (κ2) is 9.02. The minimum atomic E-state index is -0.551.